The van der Waals surface area contributed by atoms with Gasteiger partial charge in [0.2, 0.25) is 11.8 Å². The minimum atomic E-state index is -4.19. The second-order valence-electron chi connectivity index (χ2n) is 9.23. The molecule has 4 aromatic rings. The standard InChI is InChI=1S/C31H29BrFN3O4S/c1-34-31(38)29(20-23-10-4-2-5-11-23)35(21-24-12-8-9-15-28(24)33)30(37)22-36(26-18-16-25(32)17-19-26)41(39,40)27-13-6-3-7-14-27/h2-19,29H,20-22H2,1H3,(H,34,38)/t29-/m0/s1. The van der Waals surface area contributed by atoms with Crippen LogP contribution in [0.5, 0.6) is 0 Å². The Bertz CT molecular complexity index is 1590. The van der Waals surface area contributed by atoms with E-state index < -0.39 is 40.2 Å². The van der Waals surface area contributed by atoms with Crippen molar-refractivity contribution < 1.29 is 22.4 Å². The number of rotatable bonds is 11. The third-order valence-electron chi connectivity index (χ3n) is 6.54. The summed E-state index contributed by atoms with van der Waals surface area (Å²) in [5.41, 5.74) is 1.24. The molecule has 0 bridgehead atoms. The lowest BCUT2D eigenvalue weighted by Gasteiger charge is -2.33. The Morgan fingerprint density at radius 2 is 1.44 bits per heavy atom. The van der Waals surface area contributed by atoms with Crippen molar-refractivity contribution in [2.45, 2.75) is 23.9 Å². The van der Waals surface area contributed by atoms with Crippen LogP contribution >= 0.6 is 15.9 Å². The SMILES string of the molecule is CNC(=O)[C@H](Cc1ccccc1)N(Cc1ccccc1F)C(=O)CN(c1ccc(Br)cc1)S(=O)(=O)c1ccccc1. The van der Waals surface area contributed by atoms with E-state index >= 15 is 0 Å². The highest BCUT2D eigenvalue weighted by Crippen LogP contribution is 2.26. The summed E-state index contributed by atoms with van der Waals surface area (Å²) in [5.74, 6) is -1.66. The van der Waals surface area contributed by atoms with Gasteiger partial charge in [0.05, 0.1) is 10.6 Å². The minimum Gasteiger partial charge on any atom is -0.357 e. The van der Waals surface area contributed by atoms with Gasteiger partial charge in [-0.3, -0.25) is 13.9 Å². The van der Waals surface area contributed by atoms with Crippen LogP contribution in [0.1, 0.15) is 11.1 Å². The number of carbonyl (C=O) groups is 2. The molecule has 212 valence electrons. The Morgan fingerprint density at radius 1 is 0.854 bits per heavy atom. The summed E-state index contributed by atoms with van der Waals surface area (Å²) in [4.78, 5) is 28.6. The molecule has 41 heavy (non-hydrogen) atoms. The van der Waals surface area contributed by atoms with Crippen molar-refractivity contribution in [3.05, 3.63) is 131 Å². The first-order valence-electron chi connectivity index (χ1n) is 12.8. The van der Waals surface area contributed by atoms with Gasteiger partial charge in [-0.05, 0) is 48.0 Å². The molecule has 0 aliphatic rings. The zero-order valence-electron chi connectivity index (χ0n) is 22.3. The van der Waals surface area contributed by atoms with Crippen LogP contribution in [-0.4, -0.2) is 44.8 Å². The third kappa shape index (κ3) is 7.39. The lowest BCUT2D eigenvalue weighted by Crippen LogP contribution is -2.53. The van der Waals surface area contributed by atoms with E-state index in [2.05, 4.69) is 21.2 Å². The van der Waals surface area contributed by atoms with Gasteiger partial charge in [-0.25, -0.2) is 12.8 Å². The Morgan fingerprint density at radius 3 is 2.05 bits per heavy atom. The zero-order chi connectivity index (χ0) is 29.4. The van der Waals surface area contributed by atoms with Crippen LogP contribution in [-0.2, 0) is 32.6 Å². The molecule has 2 amide bonds. The summed E-state index contributed by atoms with van der Waals surface area (Å²) >= 11 is 3.36. The molecule has 0 heterocycles. The average molecular weight is 639 g/mol. The predicted molar refractivity (Wildman–Crippen MR) is 160 cm³/mol. The number of nitrogens with one attached hydrogen (secondary N) is 1. The van der Waals surface area contributed by atoms with E-state index in [9.17, 15) is 22.4 Å². The smallest absolute Gasteiger partial charge is 0.264 e. The molecular formula is C31H29BrFN3O4S. The topological polar surface area (TPSA) is 86.8 Å². The number of anilines is 1. The highest BCUT2D eigenvalue weighted by molar-refractivity contribution is 9.10. The normalized spacial score (nSPS) is 11.9. The number of halogens is 2. The maximum atomic E-state index is 14.8. The Hall–Kier alpha value is -4.02. The maximum Gasteiger partial charge on any atom is 0.264 e. The van der Waals surface area contributed by atoms with E-state index in [0.29, 0.717) is 0 Å². The molecule has 0 unspecified atom stereocenters. The van der Waals surface area contributed by atoms with Crippen LogP contribution in [0.3, 0.4) is 0 Å². The number of sulfonamides is 1. The Kier molecular flexibility index (Phi) is 9.91. The van der Waals surface area contributed by atoms with Crippen molar-refractivity contribution in [3.63, 3.8) is 0 Å². The van der Waals surface area contributed by atoms with Gasteiger partial charge in [0.15, 0.2) is 0 Å². The number of hydrogen-bond acceptors (Lipinski definition) is 4. The number of nitrogens with zero attached hydrogens (tertiary/aromatic N) is 2. The molecule has 10 heteroatoms. The lowest BCUT2D eigenvalue weighted by molar-refractivity contribution is -0.139. The van der Waals surface area contributed by atoms with Crippen LogP contribution in [0.4, 0.5) is 10.1 Å². The van der Waals surface area contributed by atoms with Gasteiger partial charge in [-0.2, -0.15) is 0 Å². The van der Waals surface area contributed by atoms with E-state index in [1.807, 2.05) is 30.3 Å². The quantitative estimate of drug-likeness (QED) is 0.246. The monoisotopic (exact) mass is 637 g/mol. The molecule has 0 saturated carbocycles. The molecule has 0 radical (unpaired) electrons. The fraction of sp³-hybridized carbons (Fsp3) is 0.161. The Labute approximate surface area is 247 Å². The number of likely N-dealkylation sites (N-methyl/N-ethyl adjacent to an activating group) is 1. The summed E-state index contributed by atoms with van der Waals surface area (Å²) < 4.78 is 44.2. The first kappa shape index (κ1) is 30.0. The maximum absolute atomic E-state index is 14.8. The highest BCUT2D eigenvalue weighted by Gasteiger charge is 2.34. The molecule has 0 aliphatic carbocycles. The van der Waals surface area contributed by atoms with Crippen LogP contribution in [0, 0.1) is 5.82 Å². The average Bonchev–Trinajstić information content (AvgIpc) is 2.99. The molecular weight excluding hydrogens is 609 g/mol. The first-order valence-corrected chi connectivity index (χ1v) is 15.1. The molecule has 0 aromatic heterocycles. The van der Waals surface area contributed by atoms with Crippen molar-refractivity contribution in [3.8, 4) is 0 Å². The van der Waals surface area contributed by atoms with Crippen LogP contribution < -0.4 is 9.62 Å². The first-order chi connectivity index (χ1) is 19.7. The number of benzene rings is 4. The third-order valence-corrected chi connectivity index (χ3v) is 8.86. The summed E-state index contributed by atoms with van der Waals surface area (Å²) in [5, 5.41) is 2.60. The second kappa shape index (κ2) is 13.6. The zero-order valence-corrected chi connectivity index (χ0v) is 24.7. The molecule has 0 fully saturated rings. The van der Waals surface area contributed by atoms with Gasteiger partial charge in [-0.1, -0.05) is 82.7 Å². The van der Waals surface area contributed by atoms with Crippen LogP contribution in [0.2, 0.25) is 0 Å². The summed E-state index contributed by atoms with van der Waals surface area (Å²) in [7, 11) is -2.73. The van der Waals surface area contributed by atoms with Gasteiger partial charge >= 0.3 is 0 Å². The van der Waals surface area contributed by atoms with Gasteiger partial charge in [0.25, 0.3) is 10.0 Å². The van der Waals surface area contributed by atoms with Crippen molar-refractivity contribution >= 4 is 43.5 Å². The van der Waals surface area contributed by atoms with Crippen molar-refractivity contribution in [1.29, 1.82) is 0 Å². The highest BCUT2D eigenvalue weighted by atomic mass is 79.9. The van der Waals surface area contributed by atoms with E-state index in [-0.39, 0.29) is 29.1 Å². The Balaban J connectivity index is 1.78. The van der Waals surface area contributed by atoms with Gasteiger partial charge in [-0.15, -0.1) is 0 Å². The van der Waals surface area contributed by atoms with Gasteiger partial charge < -0.3 is 10.2 Å². The molecule has 0 aliphatic heterocycles. The van der Waals surface area contributed by atoms with E-state index in [1.54, 1.807) is 48.5 Å². The van der Waals surface area contributed by atoms with Crippen molar-refractivity contribution in [1.82, 2.24) is 10.2 Å². The van der Waals surface area contributed by atoms with E-state index in [0.717, 1.165) is 14.3 Å². The summed E-state index contributed by atoms with van der Waals surface area (Å²) in [6.07, 6.45) is 0.143. The predicted octanol–water partition coefficient (Wildman–Crippen LogP) is 5.17. The number of hydrogen-bond donors (Lipinski definition) is 1. The molecule has 0 saturated heterocycles. The fourth-order valence-electron chi connectivity index (χ4n) is 4.39. The summed E-state index contributed by atoms with van der Waals surface area (Å²) in [6.45, 7) is -0.856. The van der Waals surface area contributed by atoms with Crippen molar-refractivity contribution in [2.24, 2.45) is 0 Å². The van der Waals surface area contributed by atoms with E-state index in [4.69, 9.17) is 0 Å². The van der Waals surface area contributed by atoms with E-state index in [1.165, 1.54) is 42.3 Å². The molecule has 4 aromatic carbocycles. The van der Waals surface area contributed by atoms with Crippen molar-refractivity contribution in [2.75, 3.05) is 17.9 Å². The minimum absolute atomic E-state index is 0.00325. The second-order valence-corrected chi connectivity index (χ2v) is 12.0. The molecule has 1 atom stereocenters. The number of amides is 2. The number of carbonyl (C=O) groups excluding carboxylic acids is 2. The largest absolute Gasteiger partial charge is 0.357 e. The molecule has 4 rings (SSSR count). The molecule has 1 N–H and O–H groups in total. The lowest BCUT2D eigenvalue weighted by atomic mass is 10.0. The van der Waals surface area contributed by atoms with Gasteiger partial charge in [0.1, 0.15) is 18.4 Å². The van der Waals surface area contributed by atoms with Gasteiger partial charge in [0, 0.05) is 30.0 Å². The van der Waals surface area contributed by atoms with Crippen LogP contribution in [0.25, 0.3) is 0 Å². The summed E-state index contributed by atoms with van der Waals surface area (Å²) in [6, 6.07) is 28.4. The molecule has 0 spiro atoms. The fourth-order valence-corrected chi connectivity index (χ4v) is 6.09. The molecule has 7 nitrogen and oxygen atoms in total. The van der Waals surface area contributed by atoms with Crippen LogP contribution in [0.15, 0.2) is 119 Å².